The van der Waals surface area contributed by atoms with Gasteiger partial charge in [0, 0.05) is 24.2 Å². The normalized spacial score (nSPS) is 15.3. The van der Waals surface area contributed by atoms with Crippen LogP contribution >= 0.6 is 0 Å². The minimum Gasteiger partial charge on any atom is -0.481 e. The third kappa shape index (κ3) is 6.55. The maximum atomic E-state index is 12.8. The van der Waals surface area contributed by atoms with Gasteiger partial charge in [-0.1, -0.05) is 12.1 Å². The van der Waals surface area contributed by atoms with Crippen molar-refractivity contribution in [3.05, 3.63) is 35.4 Å². The standard InChI is InChI=1S/C19H24N4O7/c20-17(21)11-1-3-12(4-2-11)18(28)22-14(9-15(24)25)19(29)23-7-5-13(6-8-23)30-10-16(26)27/h1-4,13-14H,5-10H2,(H3,20,21)(H,22,28)(H,24,25)(H,26,27). The Morgan fingerprint density at radius 1 is 1.10 bits per heavy atom. The molecule has 1 saturated heterocycles. The van der Waals surface area contributed by atoms with E-state index in [4.69, 9.17) is 26.1 Å². The first kappa shape index (κ1) is 22.8. The van der Waals surface area contributed by atoms with Gasteiger partial charge >= 0.3 is 11.9 Å². The summed E-state index contributed by atoms with van der Waals surface area (Å²) in [5.74, 6) is -3.61. The van der Waals surface area contributed by atoms with Crippen molar-refractivity contribution < 1.29 is 34.1 Å². The smallest absolute Gasteiger partial charge is 0.329 e. The molecule has 2 rings (SSSR count). The highest BCUT2D eigenvalue weighted by molar-refractivity contribution is 6.00. The summed E-state index contributed by atoms with van der Waals surface area (Å²) in [6.45, 7) is 0.115. The molecule has 0 spiro atoms. The molecule has 1 aromatic rings. The van der Waals surface area contributed by atoms with Crippen LogP contribution < -0.4 is 11.1 Å². The van der Waals surface area contributed by atoms with E-state index in [0.29, 0.717) is 18.4 Å². The van der Waals surface area contributed by atoms with E-state index in [1.807, 2.05) is 0 Å². The molecular weight excluding hydrogens is 396 g/mol. The van der Waals surface area contributed by atoms with Crippen molar-refractivity contribution in [1.82, 2.24) is 10.2 Å². The number of nitrogens with zero attached hydrogens (tertiary/aromatic N) is 1. The van der Waals surface area contributed by atoms with Gasteiger partial charge in [0.2, 0.25) is 5.91 Å². The number of hydrogen-bond donors (Lipinski definition) is 5. The SMILES string of the molecule is N=C(N)c1ccc(C(=O)NC(CC(=O)O)C(=O)N2CCC(OCC(=O)O)CC2)cc1. The fraction of sp³-hybridized carbons (Fsp3) is 0.421. The summed E-state index contributed by atoms with van der Waals surface area (Å²) >= 11 is 0. The summed E-state index contributed by atoms with van der Waals surface area (Å²) in [5.41, 5.74) is 6.00. The van der Waals surface area contributed by atoms with Crippen molar-refractivity contribution >= 4 is 29.6 Å². The van der Waals surface area contributed by atoms with Crippen molar-refractivity contribution in [2.75, 3.05) is 19.7 Å². The number of nitrogens with one attached hydrogen (secondary N) is 2. The molecule has 2 amide bonds. The molecule has 1 fully saturated rings. The molecule has 30 heavy (non-hydrogen) atoms. The number of hydrogen-bond acceptors (Lipinski definition) is 6. The van der Waals surface area contributed by atoms with Gasteiger partial charge in [0.15, 0.2) is 0 Å². The van der Waals surface area contributed by atoms with Crippen LogP contribution in [0, 0.1) is 5.41 Å². The Labute approximate surface area is 172 Å². The lowest BCUT2D eigenvalue weighted by atomic mass is 10.0. The van der Waals surface area contributed by atoms with Crippen molar-refractivity contribution in [3.63, 3.8) is 0 Å². The minimum absolute atomic E-state index is 0.156. The maximum absolute atomic E-state index is 12.8. The van der Waals surface area contributed by atoms with Crippen molar-refractivity contribution in [3.8, 4) is 0 Å². The van der Waals surface area contributed by atoms with Crippen molar-refractivity contribution in [1.29, 1.82) is 5.41 Å². The van der Waals surface area contributed by atoms with Gasteiger partial charge in [-0.3, -0.25) is 19.8 Å². The lowest BCUT2D eigenvalue weighted by Gasteiger charge is -2.33. The Balaban J connectivity index is 2.00. The Kier molecular flexibility index (Phi) is 7.87. The number of likely N-dealkylation sites (tertiary alicyclic amines) is 1. The fourth-order valence-electron chi connectivity index (χ4n) is 3.07. The zero-order valence-electron chi connectivity index (χ0n) is 16.2. The number of carboxylic acids is 2. The van der Waals surface area contributed by atoms with Crippen LogP contribution in [-0.4, -0.2) is 76.5 Å². The molecule has 1 aromatic carbocycles. The van der Waals surface area contributed by atoms with Gasteiger partial charge in [-0.25, -0.2) is 4.79 Å². The number of nitrogen functional groups attached to an aromatic ring is 1. The summed E-state index contributed by atoms with van der Waals surface area (Å²) in [6, 6.07) is 4.57. The first-order valence-electron chi connectivity index (χ1n) is 9.26. The second-order valence-corrected chi connectivity index (χ2v) is 6.84. The molecule has 162 valence electrons. The molecule has 0 saturated carbocycles. The Morgan fingerprint density at radius 3 is 2.17 bits per heavy atom. The number of benzene rings is 1. The second kappa shape index (κ2) is 10.3. The van der Waals surface area contributed by atoms with Gasteiger partial charge in [-0.2, -0.15) is 0 Å². The predicted molar refractivity (Wildman–Crippen MR) is 104 cm³/mol. The summed E-state index contributed by atoms with van der Waals surface area (Å²) < 4.78 is 5.22. The number of ether oxygens (including phenoxy) is 1. The van der Waals surface area contributed by atoms with Gasteiger partial charge < -0.3 is 30.9 Å². The summed E-state index contributed by atoms with van der Waals surface area (Å²) in [4.78, 5) is 48.5. The van der Waals surface area contributed by atoms with Crippen LogP contribution in [0.15, 0.2) is 24.3 Å². The number of amidine groups is 1. The van der Waals surface area contributed by atoms with E-state index in [2.05, 4.69) is 5.32 Å². The lowest BCUT2D eigenvalue weighted by Crippen LogP contribution is -2.52. The topological polar surface area (TPSA) is 183 Å². The maximum Gasteiger partial charge on any atom is 0.329 e. The molecule has 1 aliphatic heterocycles. The van der Waals surface area contributed by atoms with E-state index < -0.39 is 42.8 Å². The molecule has 1 heterocycles. The molecule has 1 aliphatic rings. The van der Waals surface area contributed by atoms with Gasteiger partial charge in [0.25, 0.3) is 5.91 Å². The minimum atomic E-state index is -1.25. The van der Waals surface area contributed by atoms with Gasteiger partial charge in [0.05, 0.1) is 12.5 Å². The second-order valence-electron chi connectivity index (χ2n) is 6.84. The van der Waals surface area contributed by atoms with E-state index in [9.17, 15) is 19.2 Å². The highest BCUT2D eigenvalue weighted by Crippen LogP contribution is 2.16. The Hall–Kier alpha value is -3.47. The molecule has 11 nitrogen and oxygen atoms in total. The zero-order chi connectivity index (χ0) is 22.3. The van der Waals surface area contributed by atoms with Crippen LogP contribution in [0.2, 0.25) is 0 Å². The monoisotopic (exact) mass is 420 g/mol. The summed E-state index contributed by atoms with van der Waals surface area (Å²) in [6.07, 6.45) is -0.0400. The van der Waals surface area contributed by atoms with E-state index in [1.165, 1.54) is 29.2 Å². The number of carboxylic acid groups (broad SMARTS) is 2. The van der Waals surface area contributed by atoms with Crippen LogP contribution in [0.25, 0.3) is 0 Å². The van der Waals surface area contributed by atoms with Gasteiger partial charge in [-0.05, 0) is 25.0 Å². The number of carbonyl (C=O) groups is 4. The first-order valence-corrected chi connectivity index (χ1v) is 9.26. The number of carbonyl (C=O) groups excluding carboxylic acids is 2. The number of rotatable bonds is 9. The Bertz CT molecular complexity index is 817. The molecule has 0 aromatic heterocycles. The molecule has 11 heteroatoms. The van der Waals surface area contributed by atoms with Crippen molar-refractivity contribution in [2.45, 2.75) is 31.4 Å². The first-order chi connectivity index (χ1) is 14.2. The van der Waals surface area contributed by atoms with Gasteiger partial charge in [0.1, 0.15) is 18.5 Å². The molecule has 0 aliphatic carbocycles. The van der Waals surface area contributed by atoms with E-state index in [-0.39, 0.29) is 30.6 Å². The molecule has 1 unspecified atom stereocenters. The van der Waals surface area contributed by atoms with Crippen LogP contribution in [0.1, 0.15) is 35.2 Å². The number of amides is 2. The summed E-state index contributed by atoms with van der Waals surface area (Å²) in [5, 5.41) is 27.6. The quantitative estimate of drug-likeness (QED) is 0.265. The highest BCUT2D eigenvalue weighted by atomic mass is 16.5. The average molecular weight is 420 g/mol. The van der Waals surface area contributed by atoms with E-state index >= 15 is 0 Å². The number of aliphatic carboxylic acids is 2. The van der Waals surface area contributed by atoms with Crippen LogP contribution in [0.3, 0.4) is 0 Å². The Morgan fingerprint density at radius 2 is 1.67 bits per heavy atom. The number of piperidine rings is 1. The molecule has 0 radical (unpaired) electrons. The van der Waals surface area contributed by atoms with E-state index in [0.717, 1.165) is 0 Å². The van der Waals surface area contributed by atoms with Crippen LogP contribution in [0.5, 0.6) is 0 Å². The highest BCUT2D eigenvalue weighted by Gasteiger charge is 2.31. The predicted octanol–water partition coefficient (Wildman–Crippen LogP) is -0.364. The summed E-state index contributed by atoms with van der Waals surface area (Å²) in [7, 11) is 0. The van der Waals surface area contributed by atoms with Crippen LogP contribution in [0.4, 0.5) is 0 Å². The third-order valence-corrected chi connectivity index (χ3v) is 4.64. The molecule has 1 atom stereocenters. The molecule has 0 bridgehead atoms. The number of nitrogens with two attached hydrogens (primary N) is 1. The van der Waals surface area contributed by atoms with E-state index in [1.54, 1.807) is 0 Å². The zero-order valence-corrected chi connectivity index (χ0v) is 16.2. The van der Waals surface area contributed by atoms with Crippen molar-refractivity contribution in [2.24, 2.45) is 5.73 Å². The molecular formula is C19H24N4O7. The average Bonchev–Trinajstić information content (AvgIpc) is 2.71. The largest absolute Gasteiger partial charge is 0.481 e. The molecule has 6 N–H and O–H groups in total. The lowest BCUT2D eigenvalue weighted by molar-refractivity contribution is -0.147. The van der Waals surface area contributed by atoms with Crippen LogP contribution in [-0.2, 0) is 19.1 Å². The third-order valence-electron chi connectivity index (χ3n) is 4.64. The van der Waals surface area contributed by atoms with Gasteiger partial charge in [-0.15, -0.1) is 0 Å². The fourth-order valence-corrected chi connectivity index (χ4v) is 3.07.